The topological polar surface area (TPSA) is 49.9 Å². The zero-order chi connectivity index (χ0) is 25.8. The van der Waals surface area contributed by atoms with Gasteiger partial charge in [0.2, 0.25) is 0 Å². The van der Waals surface area contributed by atoms with Crippen LogP contribution in [-0.4, -0.2) is 53.3 Å². The molecule has 0 bridgehead atoms. The second-order valence-electron chi connectivity index (χ2n) is 9.38. The Bertz CT molecular complexity index is 1230. The first-order chi connectivity index (χ1) is 17.2. The van der Waals surface area contributed by atoms with E-state index >= 15 is 0 Å². The third-order valence-electron chi connectivity index (χ3n) is 6.63. The van der Waals surface area contributed by atoms with Crippen molar-refractivity contribution in [3.05, 3.63) is 99.8 Å². The summed E-state index contributed by atoms with van der Waals surface area (Å²) in [6.07, 6.45) is 0. The van der Waals surface area contributed by atoms with E-state index in [4.69, 9.17) is 16.3 Å². The van der Waals surface area contributed by atoms with Crippen molar-refractivity contribution >= 4 is 23.3 Å². The van der Waals surface area contributed by atoms with Crippen molar-refractivity contribution in [1.82, 2.24) is 9.80 Å². The summed E-state index contributed by atoms with van der Waals surface area (Å²) >= 11 is 6.31. The predicted octanol–water partition coefficient (Wildman–Crippen LogP) is 5.52. The van der Waals surface area contributed by atoms with Crippen molar-refractivity contribution in [3.63, 3.8) is 0 Å². The number of hydrogen-bond acceptors (Lipinski definition) is 4. The summed E-state index contributed by atoms with van der Waals surface area (Å²) in [4.78, 5) is 30.4. The van der Waals surface area contributed by atoms with Crippen molar-refractivity contribution in [3.8, 4) is 5.75 Å². The van der Waals surface area contributed by atoms with Crippen molar-refractivity contribution in [1.29, 1.82) is 0 Å². The summed E-state index contributed by atoms with van der Waals surface area (Å²) in [6.45, 7) is 7.69. The van der Waals surface area contributed by atoms with E-state index in [1.807, 2.05) is 24.8 Å². The number of ether oxygens (including phenoxy) is 1. The number of amides is 1. The maximum absolute atomic E-state index is 13.2. The van der Waals surface area contributed by atoms with E-state index in [0.29, 0.717) is 41.5 Å². The Morgan fingerprint density at radius 2 is 1.69 bits per heavy atom. The minimum Gasteiger partial charge on any atom is -0.483 e. The molecule has 0 saturated carbocycles. The number of ketones is 1. The predicted molar refractivity (Wildman–Crippen MR) is 139 cm³/mol. The van der Waals surface area contributed by atoms with E-state index in [2.05, 4.69) is 11.8 Å². The fourth-order valence-electron chi connectivity index (χ4n) is 4.51. The quantitative estimate of drug-likeness (QED) is 0.394. The number of hydrogen-bond donors (Lipinski definition) is 0. The van der Waals surface area contributed by atoms with Crippen LogP contribution in [0.1, 0.15) is 40.9 Å². The lowest BCUT2D eigenvalue weighted by Crippen LogP contribution is -2.58. The van der Waals surface area contributed by atoms with Crippen LogP contribution in [0.3, 0.4) is 0 Å². The van der Waals surface area contributed by atoms with Crippen molar-refractivity contribution in [2.45, 2.75) is 39.4 Å². The summed E-state index contributed by atoms with van der Waals surface area (Å²) in [6, 6.07) is 18.8. The second-order valence-corrected chi connectivity index (χ2v) is 9.79. The molecule has 0 spiro atoms. The molecule has 3 aromatic rings. The van der Waals surface area contributed by atoms with E-state index in [9.17, 15) is 14.0 Å². The molecule has 1 aliphatic rings. The zero-order valence-electron chi connectivity index (χ0n) is 20.7. The van der Waals surface area contributed by atoms with Gasteiger partial charge in [-0.25, -0.2) is 4.39 Å². The van der Waals surface area contributed by atoms with Gasteiger partial charge in [-0.2, -0.15) is 0 Å². The highest BCUT2D eigenvalue weighted by Crippen LogP contribution is 2.29. The summed E-state index contributed by atoms with van der Waals surface area (Å²) in [5.74, 6) is -0.257. The molecule has 4 rings (SSSR count). The molecule has 1 saturated heterocycles. The minimum atomic E-state index is -0.250. The first-order valence-corrected chi connectivity index (χ1v) is 12.4. The molecule has 7 heteroatoms. The number of carbonyl (C=O) groups excluding carboxylic acids is 2. The molecule has 0 aliphatic carbocycles. The fraction of sp³-hybridized carbons (Fsp3) is 0.310. The number of piperazine rings is 1. The van der Waals surface area contributed by atoms with Gasteiger partial charge in [0.1, 0.15) is 11.6 Å². The Morgan fingerprint density at radius 3 is 2.39 bits per heavy atom. The van der Waals surface area contributed by atoms with Crippen LogP contribution in [-0.2, 0) is 11.3 Å². The molecule has 36 heavy (non-hydrogen) atoms. The minimum absolute atomic E-state index is 0.0184. The van der Waals surface area contributed by atoms with Gasteiger partial charge in [0.15, 0.2) is 12.4 Å². The van der Waals surface area contributed by atoms with Crippen molar-refractivity contribution in [2.24, 2.45) is 0 Å². The summed E-state index contributed by atoms with van der Waals surface area (Å²) in [7, 11) is 0. The van der Waals surface area contributed by atoms with Gasteiger partial charge in [-0.05, 0) is 56.2 Å². The van der Waals surface area contributed by atoms with Crippen LogP contribution in [0.4, 0.5) is 4.39 Å². The molecular formula is C29H30ClFN2O3. The van der Waals surface area contributed by atoms with Crippen LogP contribution in [0, 0.1) is 12.7 Å². The standard InChI is InChI=1S/C29H30ClFN2O3/c1-19-13-27(25(14-26(19)30)29(35)23-7-5-4-6-8-23)36-18-28(34)33-16-20(2)32(15-21(33)3)17-22-9-11-24(31)12-10-22/h4-14,20-21H,15-18H2,1-3H3/t20-,21+/m1/s1. The van der Waals surface area contributed by atoms with Gasteiger partial charge in [0.05, 0.1) is 5.56 Å². The number of aryl methyl sites for hydroxylation is 1. The number of halogens is 2. The van der Waals surface area contributed by atoms with E-state index in [1.165, 1.54) is 12.1 Å². The van der Waals surface area contributed by atoms with Gasteiger partial charge in [-0.15, -0.1) is 0 Å². The molecule has 3 aromatic carbocycles. The van der Waals surface area contributed by atoms with Crippen molar-refractivity contribution in [2.75, 3.05) is 19.7 Å². The van der Waals surface area contributed by atoms with E-state index in [1.54, 1.807) is 48.5 Å². The lowest BCUT2D eigenvalue weighted by atomic mass is 10.0. The molecule has 0 unspecified atom stereocenters. The molecule has 1 fully saturated rings. The fourth-order valence-corrected chi connectivity index (χ4v) is 4.67. The van der Waals surface area contributed by atoms with Gasteiger partial charge in [-0.3, -0.25) is 14.5 Å². The Hall–Kier alpha value is -3.22. The second kappa shape index (κ2) is 11.2. The lowest BCUT2D eigenvalue weighted by molar-refractivity contribution is -0.139. The van der Waals surface area contributed by atoms with Gasteiger partial charge < -0.3 is 9.64 Å². The van der Waals surface area contributed by atoms with Crippen LogP contribution in [0.15, 0.2) is 66.7 Å². The number of nitrogens with zero attached hydrogens (tertiary/aromatic N) is 2. The summed E-state index contributed by atoms with van der Waals surface area (Å²) in [5, 5.41) is 0.465. The lowest BCUT2D eigenvalue weighted by Gasteiger charge is -2.44. The van der Waals surface area contributed by atoms with Crippen LogP contribution >= 0.6 is 11.6 Å². The van der Waals surface area contributed by atoms with Crippen LogP contribution in [0.2, 0.25) is 5.02 Å². The third kappa shape index (κ3) is 5.94. The molecule has 1 heterocycles. The van der Waals surface area contributed by atoms with Crippen LogP contribution in [0.25, 0.3) is 0 Å². The number of rotatable bonds is 7. The maximum Gasteiger partial charge on any atom is 0.260 e. The van der Waals surface area contributed by atoms with Gasteiger partial charge in [0.25, 0.3) is 5.91 Å². The monoisotopic (exact) mass is 508 g/mol. The molecule has 5 nitrogen and oxygen atoms in total. The Morgan fingerprint density at radius 1 is 1.00 bits per heavy atom. The largest absolute Gasteiger partial charge is 0.483 e. The van der Waals surface area contributed by atoms with Crippen molar-refractivity contribution < 1.29 is 18.7 Å². The first-order valence-electron chi connectivity index (χ1n) is 12.0. The van der Waals surface area contributed by atoms with Crippen LogP contribution < -0.4 is 4.74 Å². The maximum atomic E-state index is 13.2. The Balaban J connectivity index is 1.43. The molecule has 1 aliphatic heterocycles. The highest BCUT2D eigenvalue weighted by Gasteiger charge is 2.32. The highest BCUT2D eigenvalue weighted by atomic mass is 35.5. The van der Waals surface area contributed by atoms with E-state index < -0.39 is 0 Å². The number of benzene rings is 3. The molecular weight excluding hydrogens is 479 g/mol. The van der Waals surface area contributed by atoms with E-state index in [-0.39, 0.29) is 36.2 Å². The smallest absolute Gasteiger partial charge is 0.260 e. The molecule has 0 aromatic heterocycles. The molecule has 2 atom stereocenters. The SMILES string of the molecule is Cc1cc(OCC(=O)N2C[C@@H](C)N(Cc3ccc(F)cc3)C[C@@H]2C)c(C(=O)c2ccccc2)cc1Cl. The zero-order valence-corrected chi connectivity index (χ0v) is 21.5. The van der Waals surface area contributed by atoms with E-state index in [0.717, 1.165) is 11.1 Å². The van der Waals surface area contributed by atoms with Crippen LogP contribution in [0.5, 0.6) is 5.75 Å². The molecule has 188 valence electrons. The van der Waals surface area contributed by atoms with Gasteiger partial charge in [-0.1, -0.05) is 54.1 Å². The summed E-state index contributed by atoms with van der Waals surface area (Å²) < 4.78 is 19.2. The normalized spacial score (nSPS) is 18.2. The number of carbonyl (C=O) groups is 2. The highest BCUT2D eigenvalue weighted by molar-refractivity contribution is 6.32. The molecule has 1 amide bonds. The molecule has 0 radical (unpaired) electrons. The summed E-state index contributed by atoms with van der Waals surface area (Å²) in [5.41, 5.74) is 2.65. The Labute approximate surface area is 216 Å². The molecule has 0 N–H and O–H groups in total. The average Bonchev–Trinajstić information content (AvgIpc) is 2.87. The first kappa shape index (κ1) is 25.9. The van der Waals surface area contributed by atoms with Gasteiger partial charge >= 0.3 is 0 Å². The van der Waals surface area contributed by atoms with Gasteiger partial charge in [0, 0.05) is 42.3 Å². The third-order valence-corrected chi connectivity index (χ3v) is 7.03. The average molecular weight is 509 g/mol. The Kier molecular flexibility index (Phi) is 8.07.